The van der Waals surface area contributed by atoms with Gasteiger partial charge in [-0.3, -0.25) is 0 Å². The van der Waals surface area contributed by atoms with Crippen LogP contribution in [-0.2, 0) is 13.2 Å². The van der Waals surface area contributed by atoms with E-state index < -0.39 is 0 Å². The third kappa shape index (κ3) is 5.59. The molecule has 0 atom stereocenters. The van der Waals surface area contributed by atoms with E-state index in [9.17, 15) is 0 Å². The van der Waals surface area contributed by atoms with Crippen molar-refractivity contribution < 1.29 is 4.74 Å². The summed E-state index contributed by atoms with van der Waals surface area (Å²) >= 11 is 0. The summed E-state index contributed by atoms with van der Waals surface area (Å²) in [6.45, 7) is 6.91. The largest absolute Gasteiger partial charge is 0.489 e. The van der Waals surface area contributed by atoms with Crippen LogP contribution in [-0.4, -0.2) is 6.54 Å². The SMILES string of the molecule is CCCCCCCNCc1c(OCc2ccccc2C)ccc2ccccc12. The topological polar surface area (TPSA) is 21.3 Å². The van der Waals surface area contributed by atoms with Gasteiger partial charge in [-0.1, -0.05) is 87.2 Å². The van der Waals surface area contributed by atoms with Gasteiger partial charge in [-0.15, -0.1) is 0 Å². The van der Waals surface area contributed by atoms with E-state index in [-0.39, 0.29) is 0 Å². The summed E-state index contributed by atoms with van der Waals surface area (Å²) in [5, 5.41) is 6.19. The molecule has 0 radical (unpaired) electrons. The van der Waals surface area contributed by atoms with Crippen LogP contribution in [0.25, 0.3) is 10.8 Å². The van der Waals surface area contributed by atoms with E-state index >= 15 is 0 Å². The van der Waals surface area contributed by atoms with Crippen molar-refractivity contribution in [1.82, 2.24) is 5.32 Å². The highest BCUT2D eigenvalue weighted by atomic mass is 16.5. The van der Waals surface area contributed by atoms with E-state index in [2.05, 4.69) is 79.8 Å². The summed E-state index contributed by atoms with van der Waals surface area (Å²) in [5.74, 6) is 0.987. The molecule has 0 bridgehead atoms. The summed E-state index contributed by atoms with van der Waals surface area (Å²) in [4.78, 5) is 0. The van der Waals surface area contributed by atoms with E-state index in [0.717, 1.165) is 18.8 Å². The number of ether oxygens (including phenoxy) is 1. The van der Waals surface area contributed by atoms with E-state index in [4.69, 9.17) is 4.74 Å². The van der Waals surface area contributed by atoms with Crippen LogP contribution in [0.5, 0.6) is 5.75 Å². The molecule has 0 aliphatic carbocycles. The van der Waals surface area contributed by atoms with Crippen molar-refractivity contribution in [2.45, 2.75) is 59.1 Å². The molecule has 28 heavy (non-hydrogen) atoms. The molecule has 0 heterocycles. The Labute approximate surface area is 169 Å². The molecule has 148 valence electrons. The predicted molar refractivity (Wildman–Crippen MR) is 120 cm³/mol. The lowest BCUT2D eigenvalue weighted by molar-refractivity contribution is 0.302. The minimum atomic E-state index is 0.606. The molecule has 0 aliphatic heterocycles. The van der Waals surface area contributed by atoms with Gasteiger partial charge in [0, 0.05) is 12.1 Å². The average molecular weight is 376 g/mol. The van der Waals surface area contributed by atoms with Crippen molar-refractivity contribution in [2.75, 3.05) is 6.54 Å². The van der Waals surface area contributed by atoms with Gasteiger partial charge >= 0.3 is 0 Å². The van der Waals surface area contributed by atoms with Gasteiger partial charge in [0.1, 0.15) is 12.4 Å². The molecule has 0 spiro atoms. The highest BCUT2D eigenvalue weighted by Crippen LogP contribution is 2.29. The Hall–Kier alpha value is -2.32. The minimum absolute atomic E-state index is 0.606. The molecule has 2 heteroatoms. The molecule has 0 aromatic heterocycles. The van der Waals surface area contributed by atoms with Gasteiger partial charge in [-0.2, -0.15) is 0 Å². The second-order valence-corrected chi connectivity index (χ2v) is 7.57. The Bertz CT molecular complexity index is 871. The molecule has 0 aliphatic rings. The number of aryl methyl sites for hydroxylation is 1. The maximum atomic E-state index is 6.28. The van der Waals surface area contributed by atoms with Gasteiger partial charge < -0.3 is 10.1 Å². The number of nitrogens with one attached hydrogen (secondary N) is 1. The number of fused-ring (bicyclic) bond motifs is 1. The summed E-state index contributed by atoms with van der Waals surface area (Å²) in [5.41, 5.74) is 3.78. The third-order valence-electron chi connectivity index (χ3n) is 5.40. The fraction of sp³-hybridized carbons (Fsp3) is 0.385. The average Bonchev–Trinajstić information content (AvgIpc) is 2.73. The van der Waals surface area contributed by atoms with Crippen molar-refractivity contribution in [2.24, 2.45) is 0 Å². The van der Waals surface area contributed by atoms with E-state index in [1.54, 1.807) is 0 Å². The van der Waals surface area contributed by atoms with Crippen LogP contribution in [0, 0.1) is 6.92 Å². The first-order valence-electron chi connectivity index (χ1n) is 10.7. The normalized spacial score (nSPS) is 11.1. The summed E-state index contributed by atoms with van der Waals surface area (Å²) in [7, 11) is 0. The standard InChI is InChI=1S/C26H33NO/c1-3-4-5-6-11-18-27-19-25-24-15-10-9-13-22(24)16-17-26(25)28-20-23-14-8-7-12-21(23)2/h7-10,12-17,27H,3-6,11,18-20H2,1-2H3. The van der Waals surface area contributed by atoms with E-state index in [1.165, 1.54) is 59.6 Å². The van der Waals surface area contributed by atoms with Gasteiger partial charge in [0.05, 0.1) is 0 Å². The Balaban J connectivity index is 1.69. The first kappa shape index (κ1) is 20.4. The molecule has 0 fully saturated rings. The summed E-state index contributed by atoms with van der Waals surface area (Å²) in [6, 6.07) is 21.3. The zero-order chi connectivity index (χ0) is 19.6. The number of unbranched alkanes of at least 4 members (excludes halogenated alkanes) is 4. The summed E-state index contributed by atoms with van der Waals surface area (Å²) < 4.78 is 6.28. The maximum absolute atomic E-state index is 6.28. The molecular weight excluding hydrogens is 342 g/mol. The smallest absolute Gasteiger partial charge is 0.124 e. The fourth-order valence-corrected chi connectivity index (χ4v) is 3.63. The molecule has 0 amide bonds. The highest BCUT2D eigenvalue weighted by Gasteiger charge is 2.09. The molecule has 3 aromatic rings. The van der Waals surface area contributed by atoms with Crippen molar-refractivity contribution in [3.05, 3.63) is 77.4 Å². The molecule has 3 rings (SSSR count). The minimum Gasteiger partial charge on any atom is -0.489 e. The quantitative estimate of drug-likeness (QED) is 0.373. The van der Waals surface area contributed by atoms with Crippen molar-refractivity contribution in [3.63, 3.8) is 0 Å². The molecular formula is C26H33NO. The zero-order valence-corrected chi connectivity index (χ0v) is 17.3. The highest BCUT2D eigenvalue weighted by molar-refractivity contribution is 5.87. The van der Waals surface area contributed by atoms with Crippen LogP contribution in [0.15, 0.2) is 60.7 Å². The van der Waals surface area contributed by atoms with Crippen molar-refractivity contribution in [3.8, 4) is 5.75 Å². The van der Waals surface area contributed by atoms with E-state index in [1.807, 2.05) is 0 Å². The molecule has 3 aromatic carbocycles. The Morgan fingerprint density at radius 1 is 0.821 bits per heavy atom. The third-order valence-corrected chi connectivity index (χ3v) is 5.40. The lowest BCUT2D eigenvalue weighted by atomic mass is 10.0. The zero-order valence-electron chi connectivity index (χ0n) is 17.3. The van der Waals surface area contributed by atoms with Gasteiger partial charge in [0.25, 0.3) is 0 Å². The van der Waals surface area contributed by atoms with Crippen LogP contribution < -0.4 is 10.1 Å². The van der Waals surface area contributed by atoms with Gasteiger partial charge in [-0.25, -0.2) is 0 Å². The monoisotopic (exact) mass is 375 g/mol. The summed E-state index contributed by atoms with van der Waals surface area (Å²) in [6.07, 6.45) is 6.54. The van der Waals surface area contributed by atoms with Crippen LogP contribution in [0.3, 0.4) is 0 Å². The van der Waals surface area contributed by atoms with Gasteiger partial charge in [-0.05, 0) is 47.9 Å². The maximum Gasteiger partial charge on any atom is 0.124 e. The van der Waals surface area contributed by atoms with Crippen LogP contribution >= 0.6 is 0 Å². The number of rotatable bonds is 11. The molecule has 1 N–H and O–H groups in total. The van der Waals surface area contributed by atoms with Gasteiger partial charge in [0.2, 0.25) is 0 Å². The fourth-order valence-electron chi connectivity index (χ4n) is 3.63. The predicted octanol–water partition coefficient (Wildman–Crippen LogP) is 6.79. The molecule has 0 saturated heterocycles. The van der Waals surface area contributed by atoms with Crippen LogP contribution in [0.4, 0.5) is 0 Å². The molecule has 2 nitrogen and oxygen atoms in total. The lowest BCUT2D eigenvalue weighted by Gasteiger charge is -2.16. The Morgan fingerprint density at radius 3 is 2.46 bits per heavy atom. The second kappa shape index (κ2) is 10.9. The molecule has 0 saturated carbocycles. The van der Waals surface area contributed by atoms with Crippen LogP contribution in [0.2, 0.25) is 0 Å². The van der Waals surface area contributed by atoms with E-state index in [0.29, 0.717) is 6.61 Å². The number of hydrogen-bond acceptors (Lipinski definition) is 2. The first-order valence-corrected chi connectivity index (χ1v) is 10.7. The van der Waals surface area contributed by atoms with Crippen LogP contribution in [0.1, 0.15) is 55.7 Å². The second-order valence-electron chi connectivity index (χ2n) is 7.57. The first-order chi connectivity index (χ1) is 13.8. The Morgan fingerprint density at radius 2 is 1.61 bits per heavy atom. The number of hydrogen-bond donors (Lipinski definition) is 1. The lowest BCUT2D eigenvalue weighted by Crippen LogP contribution is -2.16. The number of benzene rings is 3. The van der Waals surface area contributed by atoms with Crippen molar-refractivity contribution >= 4 is 10.8 Å². The molecule has 0 unspecified atom stereocenters. The Kier molecular flexibility index (Phi) is 7.93. The van der Waals surface area contributed by atoms with Gasteiger partial charge in [0.15, 0.2) is 0 Å². The van der Waals surface area contributed by atoms with Crippen molar-refractivity contribution in [1.29, 1.82) is 0 Å².